The van der Waals surface area contributed by atoms with Crippen LogP contribution in [0.1, 0.15) is 21.5 Å². The zero-order valence-corrected chi connectivity index (χ0v) is 16.7. The molecule has 1 atom stereocenters. The fraction of sp³-hybridized carbons (Fsp3) is 0.286. The molecule has 1 heterocycles. The number of benzene rings is 2. The van der Waals surface area contributed by atoms with E-state index in [0.29, 0.717) is 28.4 Å². The monoisotopic (exact) mass is 417 g/mol. The lowest BCUT2D eigenvalue weighted by Gasteiger charge is -2.24. The molecule has 1 aliphatic rings. The fourth-order valence-corrected chi connectivity index (χ4v) is 3.15. The largest absolute Gasteiger partial charge is 0.492 e. The number of fused-ring (bicyclic) bond motifs is 1. The average Bonchev–Trinajstić information content (AvgIpc) is 2.72. The third-order valence-electron chi connectivity index (χ3n) is 4.54. The normalized spacial score (nSPS) is 14.9. The number of halogens is 1. The van der Waals surface area contributed by atoms with E-state index in [-0.39, 0.29) is 6.61 Å². The lowest BCUT2D eigenvalue weighted by Crippen LogP contribution is -2.32. The van der Waals surface area contributed by atoms with Crippen molar-refractivity contribution in [3.05, 3.63) is 58.1 Å². The molecule has 29 heavy (non-hydrogen) atoms. The number of anilines is 1. The van der Waals surface area contributed by atoms with E-state index in [1.54, 1.807) is 37.3 Å². The van der Waals surface area contributed by atoms with Gasteiger partial charge in [-0.1, -0.05) is 17.7 Å². The number of hydrogen-bond donors (Lipinski definition) is 1. The number of ether oxygens (including phenoxy) is 3. The molecule has 1 amide bonds. The van der Waals surface area contributed by atoms with Gasteiger partial charge in [0.15, 0.2) is 6.61 Å². The van der Waals surface area contributed by atoms with Gasteiger partial charge in [0.2, 0.25) is 0 Å². The number of carbonyl (C=O) groups is 3. The van der Waals surface area contributed by atoms with Crippen LogP contribution in [0.5, 0.6) is 5.75 Å². The molecule has 0 unspecified atom stereocenters. The predicted octanol–water partition coefficient (Wildman–Crippen LogP) is 3.17. The van der Waals surface area contributed by atoms with Gasteiger partial charge in [-0.3, -0.25) is 9.59 Å². The third kappa shape index (κ3) is 5.06. The second-order valence-corrected chi connectivity index (χ2v) is 7.08. The van der Waals surface area contributed by atoms with Gasteiger partial charge in [0, 0.05) is 10.7 Å². The van der Waals surface area contributed by atoms with Crippen molar-refractivity contribution in [2.24, 2.45) is 5.92 Å². The Kier molecular flexibility index (Phi) is 6.39. The van der Waals surface area contributed by atoms with Crippen LogP contribution in [0.4, 0.5) is 5.69 Å². The molecule has 0 bridgehead atoms. The van der Waals surface area contributed by atoms with Crippen molar-refractivity contribution in [3.8, 4) is 5.75 Å². The van der Waals surface area contributed by atoms with Crippen molar-refractivity contribution < 1.29 is 28.6 Å². The zero-order valence-electron chi connectivity index (χ0n) is 16.0. The van der Waals surface area contributed by atoms with Crippen molar-refractivity contribution in [1.29, 1.82) is 0 Å². The molecule has 0 aliphatic carbocycles. The Morgan fingerprint density at radius 3 is 2.76 bits per heavy atom. The summed E-state index contributed by atoms with van der Waals surface area (Å²) < 4.78 is 15.4. The molecular weight excluding hydrogens is 398 g/mol. The van der Waals surface area contributed by atoms with E-state index in [4.69, 9.17) is 21.1 Å². The van der Waals surface area contributed by atoms with Gasteiger partial charge in [-0.05, 0) is 54.8 Å². The van der Waals surface area contributed by atoms with Gasteiger partial charge < -0.3 is 19.5 Å². The molecule has 0 radical (unpaired) electrons. The first kappa shape index (κ1) is 20.7. The zero-order chi connectivity index (χ0) is 21.0. The summed E-state index contributed by atoms with van der Waals surface area (Å²) in [4.78, 5) is 36.2. The van der Waals surface area contributed by atoms with Gasteiger partial charge >= 0.3 is 11.9 Å². The van der Waals surface area contributed by atoms with E-state index in [9.17, 15) is 14.4 Å². The summed E-state index contributed by atoms with van der Waals surface area (Å²) in [6, 6.07) is 10.0. The standard InChI is InChI=1S/C21H20ClNO6/c1-12-3-4-13(20(25)27-2)9-17(12)23-19(24)11-29-21(26)15-7-14-8-16(22)5-6-18(14)28-10-15/h3-6,8-9,15H,7,10-11H2,1-2H3,(H,23,24)/t15-/m0/s1. The Hall–Kier alpha value is -3.06. The van der Waals surface area contributed by atoms with E-state index < -0.39 is 30.4 Å². The summed E-state index contributed by atoms with van der Waals surface area (Å²) in [5.41, 5.74) is 2.33. The summed E-state index contributed by atoms with van der Waals surface area (Å²) in [5, 5.41) is 3.20. The van der Waals surface area contributed by atoms with Crippen LogP contribution < -0.4 is 10.1 Å². The van der Waals surface area contributed by atoms with Crippen LogP contribution in [0, 0.1) is 12.8 Å². The van der Waals surface area contributed by atoms with E-state index in [0.717, 1.165) is 11.1 Å². The Morgan fingerprint density at radius 2 is 2.00 bits per heavy atom. The topological polar surface area (TPSA) is 90.9 Å². The van der Waals surface area contributed by atoms with Crippen LogP contribution in [0.25, 0.3) is 0 Å². The molecule has 1 aliphatic heterocycles. The molecule has 8 heteroatoms. The van der Waals surface area contributed by atoms with Gasteiger partial charge in [-0.2, -0.15) is 0 Å². The highest BCUT2D eigenvalue weighted by atomic mass is 35.5. The highest BCUT2D eigenvalue weighted by Gasteiger charge is 2.28. The minimum absolute atomic E-state index is 0.176. The van der Waals surface area contributed by atoms with E-state index in [1.165, 1.54) is 13.2 Å². The summed E-state index contributed by atoms with van der Waals surface area (Å²) >= 11 is 5.98. The summed E-state index contributed by atoms with van der Waals surface area (Å²) in [7, 11) is 1.28. The van der Waals surface area contributed by atoms with Crippen molar-refractivity contribution in [3.63, 3.8) is 0 Å². The van der Waals surface area contributed by atoms with Crippen molar-refractivity contribution in [2.45, 2.75) is 13.3 Å². The first-order valence-corrected chi connectivity index (χ1v) is 9.32. The molecule has 0 saturated carbocycles. The molecule has 7 nitrogen and oxygen atoms in total. The number of esters is 2. The van der Waals surface area contributed by atoms with E-state index >= 15 is 0 Å². The number of aryl methyl sites for hydroxylation is 1. The molecule has 0 spiro atoms. The van der Waals surface area contributed by atoms with E-state index in [2.05, 4.69) is 10.1 Å². The van der Waals surface area contributed by atoms with E-state index in [1.807, 2.05) is 0 Å². The smallest absolute Gasteiger partial charge is 0.337 e. The molecule has 0 aromatic heterocycles. The quantitative estimate of drug-likeness (QED) is 0.751. The van der Waals surface area contributed by atoms with Crippen molar-refractivity contribution in [2.75, 3.05) is 25.6 Å². The second kappa shape index (κ2) is 8.96. The Balaban J connectivity index is 1.56. The van der Waals surface area contributed by atoms with Gasteiger partial charge in [-0.25, -0.2) is 4.79 Å². The molecule has 3 rings (SSSR count). The maximum Gasteiger partial charge on any atom is 0.337 e. The average molecular weight is 418 g/mol. The van der Waals surface area contributed by atoms with Crippen LogP contribution in [-0.4, -0.2) is 38.2 Å². The van der Waals surface area contributed by atoms with Gasteiger partial charge in [-0.15, -0.1) is 0 Å². The predicted molar refractivity (Wildman–Crippen MR) is 106 cm³/mol. The Labute approximate surface area is 172 Å². The number of carbonyl (C=O) groups excluding carboxylic acids is 3. The fourth-order valence-electron chi connectivity index (χ4n) is 2.96. The minimum Gasteiger partial charge on any atom is -0.492 e. The maximum atomic E-state index is 12.3. The van der Waals surface area contributed by atoms with Crippen LogP contribution in [0.3, 0.4) is 0 Å². The number of methoxy groups -OCH3 is 1. The van der Waals surface area contributed by atoms with Crippen molar-refractivity contribution >= 4 is 35.1 Å². The molecule has 1 N–H and O–H groups in total. The SMILES string of the molecule is COC(=O)c1ccc(C)c(NC(=O)COC(=O)[C@@H]2COc3ccc(Cl)cc3C2)c1. The van der Waals surface area contributed by atoms with Crippen LogP contribution in [-0.2, 0) is 25.5 Å². The van der Waals surface area contributed by atoms with Crippen LogP contribution in [0.2, 0.25) is 5.02 Å². The highest BCUT2D eigenvalue weighted by Crippen LogP contribution is 2.30. The Morgan fingerprint density at radius 1 is 1.21 bits per heavy atom. The summed E-state index contributed by atoms with van der Waals surface area (Å²) in [6.45, 7) is 1.51. The first-order chi connectivity index (χ1) is 13.9. The van der Waals surface area contributed by atoms with Crippen LogP contribution >= 0.6 is 11.6 Å². The molecule has 2 aromatic carbocycles. The van der Waals surface area contributed by atoms with Gasteiger partial charge in [0.1, 0.15) is 12.4 Å². The van der Waals surface area contributed by atoms with Gasteiger partial charge in [0.05, 0.1) is 18.6 Å². The third-order valence-corrected chi connectivity index (χ3v) is 4.78. The molecular formula is C21H20ClNO6. The lowest BCUT2D eigenvalue weighted by molar-refractivity contribution is -0.152. The molecule has 0 fully saturated rings. The number of nitrogens with one attached hydrogen (secondary N) is 1. The first-order valence-electron chi connectivity index (χ1n) is 8.94. The minimum atomic E-state index is -0.522. The lowest BCUT2D eigenvalue weighted by atomic mass is 9.97. The maximum absolute atomic E-state index is 12.3. The van der Waals surface area contributed by atoms with Gasteiger partial charge in [0.25, 0.3) is 5.91 Å². The Bertz CT molecular complexity index is 958. The number of rotatable bonds is 5. The van der Waals surface area contributed by atoms with Crippen LogP contribution in [0.15, 0.2) is 36.4 Å². The second-order valence-electron chi connectivity index (χ2n) is 6.64. The summed E-state index contributed by atoms with van der Waals surface area (Å²) in [5.74, 6) is -1.37. The highest BCUT2D eigenvalue weighted by molar-refractivity contribution is 6.30. The number of hydrogen-bond acceptors (Lipinski definition) is 6. The molecule has 2 aromatic rings. The molecule has 152 valence electrons. The molecule has 0 saturated heterocycles. The van der Waals surface area contributed by atoms with Crippen molar-refractivity contribution in [1.82, 2.24) is 0 Å². The summed E-state index contributed by atoms with van der Waals surface area (Å²) in [6.07, 6.45) is 0.427. The number of amides is 1.